The quantitative estimate of drug-likeness (QED) is 0.251. The van der Waals surface area contributed by atoms with Gasteiger partial charge in [-0.3, -0.25) is 0 Å². The fraction of sp³-hybridized carbons (Fsp3) is 0. The molecule has 0 bridgehead atoms. The molecule has 8 aromatic rings. The molecule has 0 radical (unpaired) electrons. The Morgan fingerprint density at radius 2 is 1.23 bits per heavy atom. The van der Waals surface area contributed by atoms with E-state index < -0.39 is 0 Å². The van der Waals surface area contributed by atoms with Crippen LogP contribution in [0.25, 0.3) is 64.4 Å². The first-order chi connectivity index (χ1) is 19.3. The number of nitrogens with one attached hydrogen (secondary N) is 1. The number of thiophene rings is 1. The predicted octanol–water partition coefficient (Wildman–Crippen LogP) is 11.0. The van der Waals surface area contributed by atoms with Crippen LogP contribution in [0.4, 0.5) is 11.4 Å². The highest BCUT2D eigenvalue weighted by Gasteiger charge is 2.15. The third-order valence-electron chi connectivity index (χ3n) is 7.44. The average molecular weight is 518 g/mol. The highest BCUT2D eigenvalue weighted by atomic mass is 32.1. The zero-order chi connectivity index (χ0) is 25.8. The summed E-state index contributed by atoms with van der Waals surface area (Å²) in [5.74, 6) is 0. The number of furan rings is 1. The molecule has 0 saturated heterocycles. The van der Waals surface area contributed by atoms with Crippen LogP contribution in [0.5, 0.6) is 0 Å². The van der Waals surface area contributed by atoms with Gasteiger partial charge in [-0.2, -0.15) is 0 Å². The van der Waals surface area contributed by atoms with Crippen LogP contribution in [0.15, 0.2) is 138 Å². The van der Waals surface area contributed by atoms with Gasteiger partial charge in [-0.25, -0.2) is 0 Å². The highest BCUT2D eigenvalue weighted by Crippen LogP contribution is 2.41. The molecule has 0 aliphatic carbocycles. The Morgan fingerprint density at radius 1 is 0.513 bits per heavy atom. The second-order valence-corrected chi connectivity index (χ2v) is 10.9. The molecule has 6 aromatic carbocycles. The van der Waals surface area contributed by atoms with Gasteiger partial charge in [0.15, 0.2) is 0 Å². The highest BCUT2D eigenvalue weighted by molar-refractivity contribution is 7.26. The molecular formula is C36H23NOS. The van der Waals surface area contributed by atoms with Crippen molar-refractivity contribution in [2.45, 2.75) is 0 Å². The van der Waals surface area contributed by atoms with E-state index in [-0.39, 0.29) is 0 Å². The topological polar surface area (TPSA) is 25.2 Å². The van der Waals surface area contributed by atoms with Gasteiger partial charge in [0.2, 0.25) is 0 Å². The molecule has 2 nitrogen and oxygen atoms in total. The van der Waals surface area contributed by atoms with Gasteiger partial charge in [0, 0.05) is 37.5 Å². The van der Waals surface area contributed by atoms with Gasteiger partial charge >= 0.3 is 0 Å². The first-order valence-corrected chi connectivity index (χ1v) is 13.9. The zero-order valence-corrected chi connectivity index (χ0v) is 21.8. The summed E-state index contributed by atoms with van der Waals surface area (Å²) < 4.78 is 8.99. The molecule has 3 heteroatoms. The van der Waals surface area contributed by atoms with E-state index in [2.05, 4.69) is 127 Å². The number of fused-ring (bicyclic) bond motifs is 6. The number of benzene rings is 6. The molecule has 0 aliphatic heterocycles. The molecule has 0 fully saturated rings. The van der Waals surface area contributed by atoms with Crippen molar-refractivity contribution in [2.24, 2.45) is 0 Å². The van der Waals surface area contributed by atoms with Gasteiger partial charge in [0.1, 0.15) is 11.2 Å². The van der Waals surface area contributed by atoms with Crippen molar-refractivity contribution in [3.05, 3.63) is 133 Å². The van der Waals surface area contributed by atoms with Crippen LogP contribution in [0.2, 0.25) is 0 Å². The molecule has 184 valence electrons. The Hall–Kier alpha value is -4.86. The van der Waals surface area contributed by atoms with Gasteiger partial charge in [0.05, 0.1) is 10.4 Å². The predicted molar refractivity (Wildman–Crippen MR) is 167 cm³/mol. The van der Waals surface area contributed by atoms with Crippen LogP contribution < -0.4 is 5.32 Å². The Morgan fingerprint density at radius 3 is 2.15 bits per heavy atom. The molecule has 1 N–H and O–H groups in total. The Labute approximate surface area is 229 Å². The smallest absolute Gasteiger partial charge is 0.143 e. The fourth-order valence-electron chi connectivity index (χ4n) is 5.63. The number of rotatable bonds is 4. The van der Waals surface area contributed by atoms with Gasteiger partial charge in [0.25, 0.3) is 0 Å². The summed E-state index contributed by atoms with van der Waals surface area (Å²) in [6.45, 7) is 0. The molecule has 0 amide bonds. The summed E-state index contributed by atoms with van der Waals surface area (Å²) in [7, 11) is 0. The largest absolute Gasteiger partial charge is 0.455 e. The normalized spacial score (nSPS) is 11.6. The van der Waals surface area contributed by atoms with Crippen molar-refractivity contribution in [1.82, 2.24) is 0 Å². The van der Waals surface area contributed by atoms with Crippen molar-refractivity contribution in [1.29, 1.82) is 0 Å². The Balaban J connectivity index is 1.33. The molecule has 0 unspecified atom stereocenters. The van der Waals surface area contributed by atoms with E-state index in [1.54, 1.807) is 0 Å². The Kier molecular flexibility index (Phi) is 5.04. The molecule has 2 heterocycles. The average Bonchev–Trinajstić information content (AvgIpc) is 3.57. The lowest BCUT2D eigenvalue weighted by Gasteiger charge is -2.13. The first kappa shape index (κ1) is 22.2. The molecule has 0 spiro atoms. The summed E-state index contributed by atoms with van der Waals surface area (Å²) in [4.78, 5) is 0. The fourth-order valence-corrected chi connectivity index (χ4v) is 6.80. The number of hydrogen-bond donors (Lipinski definition) is 1. The third kappa shape index (κ3) is 3.70. The minimum absolute atomic E-state index is 0.911. The summed E-state index contributed by atoms with van der Waals surface area (Å²) in [5.41, 5.74) is 8.54. The Bertz CT molecular complexity index is 2150. The standard InChI is InChI=1S/C36H23NOS/c1-2-10-23(11-3-1)24-20-25(27-14-8-15-30-28-12-4-6-18-33(28)38-35(27)30)22-26(21-24)37-32-17-9-16-31-29-13-5-7-19-34(29)39-36(31)32/h1-22,37H. The van der Waals surface area contributed by atoms with E-state index in [1.165, 1.54) is 25.7 Å². The molecule has 2 aromatic heterocycles. The summed E-state index contributed by atoms with van der Waals surface area (Å²) in [6, 6.07) is 47.2. The van der Waals surface area contributed by atoms with Crippen molar-refractivity contribution >= 4 is 64.8 Å². The maximum atomic E-state index is 6.41. The van der Waals surface area contributed by atoms with Crippen LogP contribution in [-0.2, 0) is 0 Å². The van der Waals surface area contributed by atoms with E-state index >= 15 is 0 Å². The van der Waals surface area contributed by atoms with E-state index in [9.17, 15) is 0 Å². The van der Waals surface area contributed by atoms with E-state index in [0.29, 0.717) is 0 Å². The van der Waals surface area contributed by atoms with Crippen molar-refractivity contribution < 1.29 is 4.42 Å². The summed E-state index contributed by atoms with van der Waals surface area (Å²) in [5, 5.41) is 8.65. The van der Waals surface area contributed by atoms with Crippen LogP contribution in [0.3, 0.4) is 0 Å². The lowest BCUT2D eigenvalue weighted by molar-refractivity contribution is 0.670. The molecule has 39 heavy (non-hydrogen) atoms. The second-order valence-electron chi connectivity index (χ2n) is 9.85. The molecule has 0 saturated carbocycles. The van der Waals surface area contributed by atoms with Crippen LogP contribution in [0.1, 0.15) is 0 Å². The number of anilines is 2. The molecular weight excluding hydrogens is 494 g/mol. The van der Waals surface area contributed by atoms with Crippen molar-refractivity contribution in [3.63, 3.8) is 0 Å². The zero-order valence-electron chi connectivity index (χ0n) is 21.0. The molecule has 0 atom stereocenters. The summed E-state index contributed by atoms with van der Waals surface area (Å²) in [6.07, 6.45) is 0. The summed E-state index contributed by atoms with van der Waals surface area (Å²) >= 11 is 1.84. The molecule has 0 aliphatic rings. The minimum atomic E-state index is 0.911. The van der Waals surface area contributed by atoms with E-state index in [4.69, 9.17) is 4.42 Å². The SMILES string of the molecule is c1ccc(-c2cc(Nc3cccc4c3sc3ccccc34)cc(-c3cccc4c3oc3ccccc34)c2)cc1. The van der Waals surface area contributed by atoms with Gasteiger partial charge in [-0.1, -0.05) is 97.1 Å². The van der Waals surface area contributed by atoms with Gasteiger partial charge in [-0.05, 0) is 53.1 Å². The van der Waals surface area contributed by atoms with Crippen LogP contribution in [0, 0.1) is 0 Å². The van der Waals surface area contributed by atoms with Crippen LogP contribution in [-0.4, -0.2) is 0 Å². The lowest BCUT2D eigenvalue weighted by Crippen LogP contribution is -1.93. The lowest BCUT2D eigenvalue weighted by atomic mass is 9.96. The second kappa shape index (κ2) is 8.87. The van der Waals surface area contributed by atoms with Gasteiger partial charge in [-0.15, -0.1) is 11.3 Å². The number of para-hydroxylation sites is 2. The maximum Gasteiger partial charge on any atom is 0.143 e. The third-order valence-corrected chi connectivity index (χ3v) is 8.66. The maximum absolute atomic E-state index is 6.41. The first-order valence-electron chi connectivity index (χ1n) is 13.1. The van der Waals surface area contributed by atoms with Crippen molar-refractivity contribution in [3.8, 4) is 22.3 Å². The number of hydrogen-bond acceptors (Lipinski definition) is 3. The van der Waals surface area contributed by atoms with Crippen molar-refractivity contribution in [2.75, 3.05) is 5.32 Å². The molecule has 8 rings (SSSR count). The van der Waals surface area contributed by atoms with Gasteiger partial charge < -0.3 is 9.73 Å². The minimum Gasteiger partial charge on any atom is -0.455 e. The van der Waals surface area contributed by atoms with E-state index in [1.807, 2.05) is 23.5 Å². The van der Waals surface area contributed by atoms with Crippen LogP contribution >= 0.6 is 11.3 Å². The monoisotopic (exact) mass is 517 g/mol. The van der Waals surface area contributed by atoms with E-state index in [0.717, 1.165) is 50.0 Å².